The zero-order valence-corrected chi connectivity index (χ0v) is 12.2. The van der Waals surface area contributed by atoms with E-state index in [9.17, 15) is 4.79 Å². The topological polar surface area (TPSA) is 67.6 Å². The molecule has 2 rings (SSSR count). The van der Waals surface area contributed by atoms with Gasteiger partial charge in [-0.15, -0.1) is 0 Å². The monoisotopic (exact) mass is 279 g/mol. The molecule has 3 N–H and O–H groups in total. The van der Waals surface area contributed by atoms with E-state index in [2.05, 4.69) is 16.4 Å². The number of carbonyl (C=O) groups excluding carboxylic acids is 1. The van der Waals surface area contributed by atoms with E-state index in [1.807, 2.05) is 0 Å². The second-order valence-corrected chi connectivity index (χ2v) is 5.52. The summed E-state index contributed by atoms with van der Waals surface area (Å²) >= 11 is 0. The highest BCUT2D eigenvalue weighted by atomic mass is 16.5. The molecule has 0 aromatic rings. The van der Waals surface area contributed by atoms with Crippen molar-refractivity contribution in [3.05, 3.63) is 23.7 Å². The minimum atomic E-state index is -0.0637. The number of rotatable bonds is 2. The summed E-state index contributed by atoms with van der Waals surface area (Å²) in [6, 6.07) is 0. The van der Waals surface area contributed by atoms with Gasteiger partial charge in [0.15, 0.2) is 0 Å². The predicted molar refractivity (Wildman–Crippen MR) is 78.5 cm³/mol. The molecule has 0 aromatic heterocycles. The Balaban J connectivity index is 1.85. The van der Waals surface area contributed by atoms with Crippen molar-refractivity contribution in [3.63, 3.8) is 0 Å². The number of piperidine rings is 1. The maximum Gasteiger partial charge on any atom is 0.308 e. The molecule has 112 valence electrons. The molecule has 2 aliphatic heterocycles. The number of nitrogens with zero attached hydrogens (tertiary/aromatic N) is 1. The summed E-state index contributed by atoms with van der Waals surface area (Å²) in [5.74, 6) is 0.0137. The smallest absolute Gasteiger partial charge is 0.308 e. The van der Waals surface area contributed by atoms with Gasteiger partial charge in [-0.3, -0.25) is 4.79 Å². The van der Waals surface area contributed by atoms with Crippen molar-refractivity contribution in [2.24, 2.45) is 11.7 Å². The number of ether oxygens (including phenoxy) is 1. The van der Waals surface area contributed by atoms with Crippen molar-refractivity contribution in [3.8, 4) is 0 Å². The second-order valence-electron chi connectivity index (χ2n) is 5.52. The average Bonchev–Trinajstić information content (AvgIpc) is 2.72. The van der Waals surface area contributed by atoms with Gasteiger partial charge in [-0.2, -0.15) is 0 Å². The molecule has 0 aliphatic carbocycles. The Morgan fingerprint density at radius 1 is 1.40 bits per heavy atom. The highest BCUT2D eigenvalue weighted by Crippen LogP contribution is 2.21. The summed E-state index contributed by atoms with van der Waals surface area (Å²) in [5.41, 5.74) is 8.11. The first-order valence-electron chi connectivity index (χ1n) is 7.39. The highest BCUT2D eigenvalue weighted by molar-refractivity contribution is 5.72. The van der Waals surface area contributed by atoms with Crippen LogP contribution in [0.25, 0.3) is 0 Å². The van der Waals surface area contributed by atoms with Crippen LogP contribution in [0.3, 0.4) is 0 Å². The third-order valence-corrected chi connectivity index (χ3v) is 4.12. The normalized spacial score (nSPS) is 25.4. The van der Waals surface area contributed by atoms with Crippen LogP contribution in [0.1, 0.15) is 32.1 Å². The van der Waals surface area contributed by atoms with E-state index in [1.54, 1.807) is 6.20 Å². The molecule has 0 radical (unpaired) electrons. The number of likely N-dealkylation sites (tertiary alicyclic amines) is 1. The summed E-state index contributed by atoms with van der Waals surface area (Å²) in [6.07, 6.45) is 8.99. The number of nitrogens with two attached hydrogens (primary N) is 1. The Morgan fingerprint density at radius 3 is 2.80 bits per heavy atom. The number of hydrogen-bond acceptors (Lipinski definition) is 5. The summed E-state index contributed by atoms with van der Waals surface area (Å²) in [6.45, 7) is 2.74. The molecule has 0 spiro atoms. The lowest BCUT2D eigenvalue weighted by Crippen LogP contribution is -2.34. The lowest BCUT2D eigenvalue weighted by Gasteiger charge is -2.30. The van der Waals surface area contributed by atoms with Crippen molar-refractivity contribution in [1.29, 1.82) is 0 Å². The fourth-order valence-electron chi connectivity index (χ4n) is 2.85. The molecule has 0 amide bonds. The van der Waals surface area contributed by atoms with Gasteiger partial charge in [0, 0.05) is 31.5 Å². The summed E-state index contributed by atoms with van der Waals surface area (Å²) in [4.78, 5) is 13.8. The zero-order valence-electron chi connectivity index (χ0n) is 12.2. The molecule has 2 aliphatic rings. The Labute approximate surface area is 120 Å². The van der Waals surface area contributed by atoms with Crippen molar-refractivity contribution < 1.29 is 9.53 Å². The maximum absolute atomic E-state index is 11.5. The van der Waals surface area contributed by atoms with Crippen LogP contribution in [0, 0.1) is 5.92 Å². The first-order chi connectivity index (χ1) is 9.72. The Bertz CT molecular complexity index is 396. The molecule has 2 fully saturated rings. The number of allylic oxidation sites excluding steroid dienone is 1. The third-order valence-electron chi connectivity index (χ3n) is 4.12. The van der Waals surface area contributed by atoms with Gasteiger partial charge in [0.05, 0.1) is 13.0 Å². The van der Waals surface area contributed by atoms with Gasteiger partial charge >= 0.3 is 5.97 Å². The Morgan fingerprint density at radius 2 is 2.15 bits per heavy atom. The highest BCUT2D eigenvalue weighted by Gasteiger charge is 2.24. The first-order valence-corrected chi connectivity index (χ1v) is 7.39. The summed E-state index contributed by atoms with van der Waals surface area (Å²) in [5, 5.41) is 3.37. The number of esters is 1. The Kier molecular flexibility index (Phi) is 5.32. The van der Waals surface area contributed by atoms with Gasteiger partial charge in [0.1, 0.15) is 0 Å². The molecule has 0 unspecified atom stereocenters. The minimum absolute atomic E-state index is 0.0637. The van der Waals surface area contributed by atoms with Crippen molar-refractivity contribution in [1.82, 2.24) is 10.2 Å². The summed E-state index contributed by atoms with van der Waals surface area (Å²) < 4.78 is 4.81. The summed E-state index contributed by atoms with van der Waals surface area (Å²) in [7, 11) is 1.47. The average molecular weight is 279 g/mol. The lowest BCUT2D eigenvalue weighted by atomic mass is 9.97. The van der Waals surface area contributed by atoms with Gasteiger partial charge in [-0.25, -0.2) is 0 Å². The van der Waals surface area contributed by atoms with Crippen LogP contribution in [0.5, 0.6) is 0 Å². The molecular weight excluding hydrogens is 254 g/mol. The molecule has 5 nitrogen and oxygen atoms in total. The first kappa shape index (κ1) is 14.8. The lowest BCUT2D eigenvalue weighted by molar-refractivity contribution is -0.146. The van der Waals surface area contributed by atoms with E-state index in [-0.39, 0.29) is 11.9 Å². The molecule has 0 atom stereocenters. The van der Waals surface area contributed by atoms with Crippen LogP contribution < -0.4 is 11.1 Å². The number of methoxy groups -OCH3 is 1. The van der Waals surface area contributed by atoms with Crippen LogP contribution in [-0.4, -0.2) is 37.6 Å². The molecule has 20 heavy (non-hydrogen) atoms. The Hall–Kier alpha value is -1.65. The zero-order chi connectivity index (χ0) is 14.4. The number of nitrogens with one attached hydrogen (secondary N) is 1. The minimum Gasteiger partial charge on any atom is -0.469 e. The van der Waals surface area contributed by atoms with E-state index >= 15 is 0 Å². The van der Waals surface area contributed by atoms with Crippen LogP contribution in [0.15, 0.2) is 23.7 Å². The van der Waals surface area contributed by atoms with E-state index in [1.165, 1.54) is 12.7 Å². The number of carbonyl (C=O) groups is 1. The van der Waals surface area contributed by atoms with Crippen molar-refractivity contribution >= 4 is 5.97 Å². The fourth-order valence-corrected chi connectivity index (χ4v) is 2.85. The molecule has 2 saturated heterocycles. The number of hydrogen-bond donors (Lipinski definition) is 2. The van der Waals surface area contributed by atoms with E-state index in [0.29, 0.717) is 0 Å². The van der Waals surface area contributed by atoms with Gasteiger partial charge in [0.2, 0.25) is 0 Å². The molecule has 2 heterocycles. The van der Waals surface area contributed by atoms with Gasteiger partial charge < -0.3 is 20.7 Å². The van der Waals surface area contributed by atoms with Crippen molar-refractivity contribution in [2.45, 2.75) is 32.1 Å². The molecule has 0 bridgehead atoms. The van der Waals surface area contributed by atoms with E-state index in [4.69, 9.17) is 10.5 Å². The van der Waals surface area contributed by atoms with Crippen molar-refractivity contribution in [2.75, 3.05) is 26.7 Å². The van der Waals surface area contributed by atoms with Crippen LogP contribution in [0.2, 0.25) is 0 Å². The van der Waals surface area contributed by atoms with Gasteiger partial charge in [-0.1, -0.05) is 0 Å². The third kappa shape index (κ3) is 3.92. The molecule has 5 heteroatoms. The molecular formula is C15H25N3O2. The molecule has 0 aromatic carbocycles. The van der Waals surface area contributed by atoms with Crippen LogP contribution in [0.4, 0.5) is 0 Å². The van der Waals surface area contributed by atoms with Crippen LogP contribution in [-0.2, 0) is 9.53 Å². The van der Waals surface area contributed by atoms with E-state index < -0.39 is 0 Å². The van der Waals surface area contributed by atoms with Gasteiger partial charge in [0.25, 0.3) is 0 Å². The van der Waals surface area contributed by atoms with Crippen LogP contribution >= 0.6 is 0 Å². The molecule has 0 saturated carbocycles. The van der Waals surface area contributed by atoms with E-state index in [0.717, 1.165) is 57.4 Å². The SMILES string of the molecule is COC(=O)C1CCN(/C=C2\CCC/C(=C/N)NC2)CC1. The fraction of sp³-hybridized carbons (Fsp3) is 0.667. The maximum atomic E-state index is 11.5. The largest absolute Gasteiger partial charge is 0.469 e. The second kappa shape index (κ2) is 7.22. The standard InChI is InChI=1S/C15H25N3O2/c1-20-15(19)13-5-7-18(8-6-13)11-12-3-2-4-14(9-16)17-10-12/h9,11,13,17H,2-8,10,16H2,1H3/b12-11+,14-9-. The van der Waals surface area contributed by atoms with Gasteiger partial charge in [-0.05, 0) is 43.9 Å². The predicted octanol–water partition coefficient (Wildman–Crippen LogP) is 1.33. The quantitative estimate of drug-likeness (QED) is 0.746.